The number of carbonyl (C=O) groups is 1. The summed E-state index contributed by atoms with van der Waals surface area (Å²) in [5.41, 5.74) is 0.0659. The summed E-state index contributed by atoms with van der Waals surface area (Å²) in [5, 5.41) is 7.35. The topological polar surface area (TPSA) is 42.9 Å². The Labute approximate surface area is 96.1 Å². The van der Waals surface area contributed by atoms with Crippen LogP contribution in [0.4, 0.5) is 8.78 Å². The minimum atomic E-state index is -0.891. The molecule has 2 rings (SSSR count). The third kappa shape index (κ3) is 2.18. The van der Waals surface area contributed by atoms with Crippen molar-refractivity contribution in [1.29, 1.82) is 0 Å². The Morgan fingerprint density at radius 3 is 2.35 bits per heavy atom. The molecule has 2 aromatic rings. The van der Waals surface area contributed by atoms with E-state index < -0.39 is 23.0 Å². The molecule has 0 aliphatic carbocycles. The maximum absolute atomic E-state index is 13.5. The molecule has 1 aromatic heterocycles. The third-order valence-electron chi connectivity index (χ3n) is 2.26. The van der Waals surface area contributed by atoms with Gasteiger partial charge >= 0.3 is 0 Å². The quantitative estimate of drug-likeness (QED) is 0.750. The average Bonchev–Trinajstić information content (AvgIpc) is 2.28. The molecule has 3 nitrogen and oxygen atoms in total. The van der Waals surface area contributed by atoms with Gasteiger partial charge in [0.25, 0.3) is 0 Å². The second-order valence-corrected chi connectivity index (χ2v) is 3.48. The highest BCUT2D eigenvalue weighted by Crippen LogP contribution is 2.22. The third-order valence-corrected chi connectivity index (χ3v) is 2.26. The van der Waals surface area contributed by atoms with E-state index in [4.69, 9.17) is 0 Å². The van der Waals surface area contributed by atoms with Gasteiger partial charge in [0, 0.05) is 11.8 Å². The first-order valence-corrected chi connectivity index (χ1v) is 4.87. The van der Waals surface area contributed by atoms with Crippen LogP contribution in [0.15, 0.2) is 30.5 Å². The van der Waals surface area contributed by atoms with Crippen LogP contribution in [0.3, 0.4) is 0 Å². The summed E-state index contributed by atoms with van der Waals surface area (Å²) in [7, 11) is 0. The summed E-state index contributed by atoms with van der Waals surface area (Å²) in [6.45, 7) is 1.11. The minimum absolute atomic E-state index is 0.248. The number of rotatable bonds is 2. The molecule has 0 radical (unpaired) electrons. The van der Waals surface area contributed by atoms with Crippen LogP contribution in [0.25, 0.3) is 11.3 Å². The molecule has 0 spiro atoms. The van der Waals surface area contributed by atoms with Crippen molar-refractivity contribution in [3.63, 3.8) is 0 Å². The second-order valence-electron chi connectivity index (χ2n) is 3.48. The van der Waals surface area contributed by atoms with E-state index in [1.807, 2.05) is 0 Å². The molecule has 5 heteroatoms. The van der Waals surface area contributed by atoms with Crippen LogP contribution in [0.1, 0.15) is 17.3 Å². The van der Waals surface area contributed by atoms with E-state index in [1.165, 1.54) is 6.20 Å². The lowest BCUT2D eigenvalue weighted by Crippen LogP contribution is -2.02. The van der Waals surface area contributed by atoms with Gasteiger partial charge in [0.15, 0.2) is 5.78 Å². The minimum Gasteiger partial charge on any atom is -0.294 e. The molecular formula is C12H8F2N2O. The summed E-state index contributed by atoms with van der Waals surface area (Å²) >= 11 is 0. The number of ketones is 1. The lowest BCUT2D eigenvalue weighted by Gasteiger charge is -2.04. The predicted molar refractivity (Wildman–Crippen MR) is 57.4 cm³/mol. The molecule has 1 heterocycles. The lowest BCUT2D eigenvalue weighted by molar-refractivity contribution is 0.101. The monoisotopic (exact) mass is 234 g/mol. The largest absolute Gasteiger partial charge is 0.294 e. The van der Waals surface area contributed by atoms with Crippen LogP contribution in [0, 0.1) is 11.6 Å². The Bertz CT molecular complexity index is 547. The van der Waals surface area contributed by atoms with Gasteiger partial charge < -0.3 is 0 Å². The first-order chi connectivity index (χ1) is 8.09. The van der Waals surface area contributed by atoms with E-state index in [-0.39, 0.29) is 5.56 Å². The fourth-order valence-corrected chi connectivity index (χ4v) is 1.51. The van der Waals surface area contributed by atoms with E-state index in [9.17, 15) is 13.6 Å². The normalized spacial score (nSPS) is 10.3. The van der Waals surface area contributed by atoms with Crippen molar-refractivity contribution in [2.75, 3.05) is 0 Å². The maximum atomic E-state index is 13.5. The first-order valence-electron chi connectivity index (χ1n) is 4.87. The van der Waals surface area contributed by atoms with E-state index >= 15 is 0 Å². The first kappa shape index (κ1) is 11.3. The number of hydrogen-bond donors (Lipinski definition) is 0. The number of Topliss-reactive ketones (excluding diaryl/α,β-unsaturated/α-hetero) is 1. The zero-order valence-corrected chi connectivity index (χ0v) is 8.95. The Morgan fingerprint density at radius 2 is 1.88 bits per heavy atom. The van der Waals surface area contributed by atoms with Crippen molar-refractivity contribution in [3.8, 4) is 11.3 Å². The van der Waals surface area contributed by atoms with Crippen LogP contribution in [-0.2, 0) is 0 Å². The summed E-state index contributed by atoms with van der Waals surface area (Å²) in [5.74, 6) is -2.43. The molecular weight excluding hydrogens is 226 g/mol. The van der Waals surface area contributed by atoms with Crippen molar-refractivity contribution in [2.45, 2.75) is 6.92 Å². The molecule has 0 aliphatic rings. The van der Waals surface area contributed by atoms with Gasteiger partial charge in [-0.15, -0.1) is 0 Å². The fraction of sp³-hybridized carbons (Fsp3) is 0.0833. The van der Waals surface area contributed by atoms with Crippen LogP contribution < -0.4 is 0 Å². The zero-order valence-electron chi connectivity index (χ0n) is 8.95. The van der Waals surface area contributed by atoms with Gasteiger partial charge in [0.2, 0.25) is 0 Å². The van der Waals surface area contributed by atoms with E-state index in [0.29, 0.717) is 5.69 Å². The fourth-order valence-electron chi connectivity index (χ4n) is 1.51. The summed E-state index contributed by atoms with van der Waals surface area (Å²) < 4.78 is 27.1. The number of hydrogen-bond acceptors (Lipinski definition) is 3. The molecule has 0 fully saturated rings. The van der Waals surface area contributed by atoms with E-state index in [2.05, 4.69) is 10.2 Å². The SMILES string of the molecule is CC(=O)c1c(F)cc(-c2cccnn2)cc1F. The molecule has 0 bridgehead atoms. The van der Waals surface area contributed by atoms with E-state index in [0.717, 1.165) is 19.1 Å². The van der Waals surface area contributed by atoms with Crippen molar-refractivity contribution < 1.29 is 13.6 Å². The second kappa shape index (κ2) is 4.37. The maximum Gasteiger partial charge on any atom is 0.165 e. The van der Waals surface area contributed by atoms with Crippen molar-refractivity contribution in [2.24, 2.45) is 0 Å². The number of carbonyl (C=O) groups excluding carboxylic acids is 1. The summed E-state index contributed by atoms with van der Waals surface area (Å²) in [6.07, 6.45) is 1.46. The highest BCUT2D eigenvalue weighted by atomic mass is 19.1. The lowest BCUT2D eigenvalue weighted by atomic mass is 10.0. The Kier molecular flexibility index (Phi) is 2.91. The molecule has 0 atom stereocenters. The Hall–Kier alpha value is -2.17. The van der Waals surface area contributed by atoms with Gasteiger partial charge in [0.1, 0.15) is 11.6 Å². The van der Waals surface area contributed by atoms with Crippen molar-refractivity contribution >= 4 is 5.78 Å². The number of halogens is 2. The van der Waals surface area contributed by atoms with Gasteiger partial charge in [0.05, 0.1) is 11.3 Å². The zero-order chi connectivity index (χ0) is 12.4. The van der Waals surface area contributed by atoms with E-state index in [1.54, 1.807) is 12.1 Å². The molecule has 0 saturated heterocycles. The molecule has 17 heavy (non-hydrogen) atoms. The summed E-state index contributed by atoms with van der Waals surface area (Å²) in [4.78, 5) is 11.0. The predicted octanol–water partition coefficient (Wildman–Crippen LogP) is 2.62. The Balaban J connectivity index is 2.57. The molecule has 86 valence electrons. The molecule has 0 saturated carbocycles. The van der Waals surface area contributed by atoms with Crippen LogP contribution >= 0.6 is 0 Å². The molecule has 0 amide bonds. The number of aromatic nitrogens is 2. The molecule has 1 aromatic carbocycles. The highest BCUT2D eigenvalue weighted by Gasteiger charge is 2.16. The van der Waals surface area contributed by atoms with Crippen LogP contribution in [-0.4, -0.2) is 16.0 Å². The van der Waals surface area contributed by atoms with Crippen LogP contribution in [0.5, 0.6) is 0 Å². The average molecular weight is 234 g/mol. The smallest absolute Gasteiger partial charge is 0.165 e. The number of benzene rings is 1. The van der Waals surface area contributed by atoms with Crippen LogP contribution in [0.2, 0.25) is 0 Å². The van der Waals surface area contributed by atoms with Crippen molar-refractivity contribution in [3.05, 3.63) is 47.7 Å². The van der Waals surface area contributed by atoms with Gasteiger partial charge in [-0.2, -0.15) is 10.2 Å². The van der Waals surface area contributed by atoms with Gasteiger partial charge in [-0.25, -0.2) is 8.78 Å². The highest BCUT2D eigenvalue weighted by molar-refractivity contribution is 5.95. The number of nitrogens with zero attached hydrogens (tertiary/aromatic N) is 2. The molecule has 0 aliphatic heterocycles. The van der Waals surface area contributed by atoms with Gasteiger partial charge in [-0.3, -0.25) is 4.79 Å². The van der Waals surface area contributed by atoms with Gasteiger partial charge in [-0.1, -0.05) is 0 Å². The Morgan fingerprint density at radius 1 is 1.24 bits per heavy atom. The summed E-state index contributed by atoms with van der Waals surface area (Å²) in [6, 6.07) is 5.33. The molecule has 0 unspecified atom stereocenters. The van der Waals surface area contributed by atoms with Crippen molar-refractivity contribution in [1.82, 2.24) is 10.2 Å². The molecule has 0 N–H and O–H groups in total. The van der Waals surface area contributed by atoms with Gasteiger partial charge in [-0.05, 0) is 31.2 Å². The standard InChI is InChI=1S/C12H8F2N2O/c1-7(17)12-9(13)5-8(6-10(12)14)11-3-2-4-15-16-11/h2-6H,1H3.